The van der Waals surface area contributed by atoms with E-state index in [1.807, 2.05) is 0 Å². The molecule has 27 heavy (non-hydrogen) atoms. The van der Waals surface area contributed by atoms with Gasteiger partial charge in [0.25, 0.3) is 0 Å². The standard InChI is InChI=1S/C18H14Cl2FN3O2S/c1-24-17(26)15(9-16(25)22-13-5-3-2-4-12(13)21)27-18(24)23-14-8-10(19)6-7-11(14)20/h2-8,15H,9H2,1H3,(H,22,25)/t15-/m0/s1. The Morgan fingerprint density at radius 1 is 1.30 bits per heavy atom. The number of benzene rings is 2. The highest BCUT2D eigenvalue weighted by atomic mass is 35.5. The summed E-state index contributed by atoms with van der Waals surface area (Å²) in [6.45, 7) is 0. The summed E-state index contributed by atoms with van der Waals surface area (Å²) in [7, 11) is 1.57. The van der Waals surface area contributed by atoms with Gasteiger partial charge in [-0.3, -0.25) is 14.5 Å². The van der Waals surface area contributed by atoms with E-state index in [0.29, 0.717) is 20.9 Å². The van der Waals surface area contributed by atoms with E-state index in [9.17, 15) is 14.0 Å². The second-order valence-corrected chi connectivity index (χ2v) is 7.74. The van der Waals surface area contributed by atoms with Crippen molar-refractivity contribution < 1.29 is 14.0 Å². The third kappa shape index (κ3) is 4.61. The maximum absolute atomic E-state index is 13.6. The van der Waals surface area contributed by atoms with Crippen LogP contribution in [0, 0.1) is 5.82 Å². The molecule has 1 N–H and O–H groups in total. The molecule has 5 nitrogen and oxygen atoms in total. The number of halogens is 3. The number of hydrogen-bond acceptors (Lipinski definition) is 4. The van der Waals surface area contributed by atoms with Gasteiger partial charge >= 0.3 is 0 Å². The SMILES string of the molecule is CN1C(=O)[C@H](CC(=O)Nc2ccccc2F)SC1=Nc1cc(Cl)ccc1Cl. The van der Waals surface area contributed by atoms with Crippen molar-refractivity contribution in [2.75, 3.05) is 12.4 Å². The van der Waals surface area contributed by atoms with E-state index in [1.165, 1.54) is 23.1 Å². The molecule has 1 saturated heterocycles. The largest absolute Gasteiger partial charge is 0.324 e. The summed E-state index contributed by atoms with van der Waals surface area (Å²) in [5.41, 5.74) is 0.508. The fraction of sp³-hybridized carbons (Fsp3) is 0.167. The van der Waals surface area contributed by atoms with Crippen LogP contribution < -0.4 is 5.32 Å². The number of para-hydroxylation sites is 1. The van der Waals surface area contributed by atoms with E-state index in [0.717, 1.165) is 11.8 Å². The average Bonchev–Trinajstić information content (AvgIpc) is 2.88. The zero-order valence-corrected chi connectivity index (χ0v) is 16.4. The number of nitrogens with zero attached hydrogens (tertiary/aromatic N) is 2. The van der Waals surface area contributed by atoms with Gasteiger partial charge in [-0.2, -0.15) is 0 Å². The molecule has 0 aliphatic carbocycles. The van der Waals surface area contributed by atoms with Gasteiger partial charge in [-0.25, -0.2) is 9.38 Å². The van der Waals surface area contributed by atoms with Crippen molar-refractivity contribution in [3.63, 3.8) is 0 Å². The molecule has 0 saturated carbocycles. The Balaban J connectivity index is 1.72. The Bertz CT molecular complexity index is 939. The summed E-state index contributed by atoms with van der Waals surface area (Å²) in [4.78, 5) is 30.4. The minimum Gasteiger partial charge on any atom is -0.324 e. The number of hydrogen-bond donors (Lipinski definition) is 1. The first kappa shape index (κ1) is 19.7. The lowest BCUT2D eigenvalue weighted by molar-refractivity contribution is -0.127. The molecular formula is C18H14Cl2FN3O2S. The summed E-state index contributed by atoms with van der Waals surface area (Å²) in [6.07, 6.45) is -0.107. The first-order valence-electron chi connectivity index (χ1n) is 7.87. The zero-order valence-electron chi connectivity index (χ0n) is 14.1. The topological polar surface area (TPSA) is 61.8 Å². The van der Waals surface area contributed by atoms with Crippen molar-refractivity contribution in [3.8, 4) is 0 Å². The molecule has 0 radical (unpaired) electrons. The highest BCUT2D eigenvalue weighted by molar-refractivity contribution is 8.15. The predicted octanol–water partition coefficient (Wildman–Crippen LogP) is 4.72. The Morgan fingerprint density at radius 3 is 2.78 bits per heavy atom. The fourth-order valence-electron chi connectivity index (χ4n) is 2.40. The van der Waals surface area contributed by atoms with Crippen LogP contribution in [0.2, 0.25) is 10.0 Å². The molecule has 1 heterocycles. The third-order valence-corrected chi connectivity index (χ3v) is 5.57. The van der Waals surface area contributed by atoms with Crippen LogP contribution in [0.5, 0.6) is 0 Å². The van der Waals surface area contributed by atoms with E-state index in [-0.39, 0.29) is 18.0 Å². The number of amidine groups is 1. The van der Waals surface area contributed by atoms with E-state index < -0.39 is 17.0 Å². The molecule has 1 atom stereocenters. The lowest BCUT2D eigenvalue weighted by atomic mass is 10.2. The van der Waals surface area contributed by atoms with Gasteiger partial charge in [0.05, 0.1) is 16.4 Å². The number of rotatable bonds is 4. The minimum absolute atomic E-state index is 0.0749. The van der Waals surface area contributed by atoms with Gasteiger partial charge in [0.15, 0.2) is 5.17 Å². The molecule has 1 aliphatic heterocycles. The fourth-order valence-corrected chi connectivity index (χ4v) is 3.88. The molecule has 1 fully saturated rings. The van der Waals surface area contributed by atoms with E-state index in [1.54, 1.807) is 31.3 Å². The molecular weight excluding hydrogens is 412 g/mol. The monoisotopic (exact) mass is 425 g/mol. The summed E-state index contributed by atoms with van der Waals surface area (Å²) in [6, 6.07) is 10.7. The smallest absolute Gasteiger partial charge is 0.242 e. The maximum Gasteiger partial charge on any atom is 0.242 e. The highest BCUT2D eigenvalue weighted by Gasteiger charge is 2.37. The van der Waals surface area contributed by atoms with E-state index >= 15 is 0 Å². The molecule has 2 amide bonds. The molecule has 0 unspecified atom stereocenters. The van der Waals surface area contributed by atoms with Crippen LogP contribution in [0.1, 0.15) is 6.42 Å². The molecule has 0 aromatic heterocycles. The predicted molar refractivity (Wildman–Crippen MR) is 107 cm³/mol. The maximum atomic E-state index is 13.6. The number of carbonyl (C=O) groups excluding carboxylic acids is 2. The van der Waals surface area contributed by atoms with Gasteiger partial charge in [0, 0.05) is 18.5 Å². The van der Waals surface area contributed by atoms with Crippen LogP contribution >= 0.6 is 35.0 Å². The van der Waals surface area contributed by atoms with Crippen molar-refractivity contribution in [1.82, 2.24) is 4.90 Å². The number of nitrogens with one attached hydrogen (secondary N) is 1. The first-order chi connectivity index (χ1) is 12.8. The Morgan fingerprint density at radius 2 is 2.04 bits per heavy atom. The van der Waals surface area contributed by atoms with Crippen molar-refractivity contribution in [2.45, 2.75) is 11.7 Å². The van der Waals surface area contributed by atoms with Gasteiger partial charge in [-0.15, -0.1) is 0 Å². The van der Waals surface area contributed by atoms with Crippen LogP contribution in [0.3, 0.4) is 0 Å². The Labute approximate surface area is 169 Å². The number of anilines is 1. The van der Waals surface area contributed by atoms with Crippen molar-refractivity contribution >= 4 is 63.3 Å². The van der Waals surface area contributed by atoms with Crippen LogP contribution in [-0.4, -0.2) is 34.2 Å². The van der Waals surface area contributed by atoms with E-state index in [4.69, 9.17) is 23.2 Å². The lowest BCUT2D eigenvalue weighted by Gasteiger charge is -2.10. The lowest BCUT2D eigenvalue weighted by Crippen LogP contribution is -2.30. The number of carbonyl (C=O) groups is 2. The second kappa shape index (κ2) is 8.29. The Kier molecular flexibility index (Phi) is 6.04. The average molecular weight is 426 g/mol. The summed E-state index contributed by atoms with van der Waals surface area (Å²) >= 11 is 13.2. The number of thioether (sulfide) groups is 1. The zero-order chi connectivity index (χ0) is 19.6. The Hall–Kier alpha value is -2.09. The molecule has 1 aliphatic rings. The van der Waals surface area contributed by atoms with Gasteiger partial charge in [-0.1, -0.05) is 47.1 Å². The molecule has 0 spiro atoms. The molecule has 140 valence electrons. The summed E-state index contributed by atoms with van der Waals surface area (Å²) < 4.78 is 13.6. The normalized spacial score (nSPS) is 18.2. The van der Waals surface area contributed by atoms with Crippen molar-refractivity contribution in [2.24, 2.45) is 4.99 Å². The molecule has 9 heteroatoms. The van der Waals surface area contributed by atoms with Crippen LogP contribution in [0.4, 0.5) is 15.8 Å². The van der Waals surface area contributed by atoms with Gasteiger partial charge in [0.2, 0.25) is 11.8 Å². The van der Waals surface area contributed by atoms with Gasteiger partial charge in [0.1, 0.15) is 11.1 Å². The molecule has 2 aromatic rings. The molecule has 3 rings (SSSR count). The number of aliphatic imine (C=N–C) groups is 1. The van der Waals surface area contributed by atoms with Crippen LogP contribution in [-0.2, 0) is 9.59 Å². The van der Waals surface area contributed by atoms with E-state index in [2.05, 4.69) is 10.3 Å². The summed E-state index contributed by atoms with van der Waals surface area (Å²) in [5, 5.41) is 3.10. The minimum atomic E-state index is -0.654. The van der Waals surface area contributed by atoms with Crippen LogP contribution in [0.25, 0.3) is 0 Å². The van der Waals surface area contributed by atoms with Crippen molar-refractivity contribution in [1.29, 1.82) is 0 Å². The molecule has 0 bridgehead atoms. The third-order valence-electron chi connectivity index (χ3n) is 3.78. The quantitative estimate of drug-likeness (QED) is 0.770. The second-order valence-electron chi connectivity index (χ2n) is 5.73. The summed E-state index contributed by atoms with van der Waals surface area (Å²) in [5.74, 6) is -1.26. The molecule has 2 aromatic carbocycles. The van der Waals surface area contributed by atoms with Gasteiger partial charge in [-0.05, 0) is 30.3 Å². The van der Waals surface area contributed by atoms with Gasteiger partial charge < -0.3 is 5.32 Å². The highest BCUT2D eigenvalue weighted by Crippen LogP contribution is 2.34. The number of amides is 2. The first-order valence-corrected chi connectivity index (χ1v) is 9.51. The van der Waals surface area contributed by atoms with Crippen LogP contribution in [0.15, 0.2) is 47.5 Å². The van der Waals surface area contributed by atoms with Crippen molar-refractivity contribution in [3.05, 3.63) is 58.3 Å².